The van der Waals surface area contributed by atoms with Crippen LogP contribution in [0, 0.1) is 5.92 Å². The van der Waals surface area contributed by atoms with Gasteiger partial charge < -0.3 is 15.6 Å². The lowest BCUT2D eigenvalue weighted by atomic mass is 9.87. The Bertz CT molecular complexity index is 1030. The highest BCUT2D eigenvalue weighted by atomic mass is 19.3. The molecule has 29 heavy (non-hydrogen) atoms. The second-order valence-electron chi connectivity index (χ2n) is 7.07. The molecule has 0 unspecified atom stereocenters. The Morgan fingerprint density at radius 3 is 2.76 bits per heavy atom. The van der Waals surface area contributed by atoms with Crippen LogP contribution in [-0.2, 0) is 0 Å². The standard InChI is InChI=1S/C18H20F2N6O3/c19-18(20)29-17-14(9-24(23-17)12-4-2-11(10-27)3-5-12)26-8-13(15(21)28)16-22-6-1-7-25(16)26/h1,6-9,11-12,18,27H,2-5,10H2,(H-,21,28)/p+1. The topological polar surface area (TPSA) is 112 Å². The molecule has 3 aromatic heterocycles. The second kappa shape index (κ2) is 7.74. The summed E-state index contributed by atoms with van der Waals surface area (Å²) in [6.07, 6.45) is 9.38. The molecule has 9 nitrogen and oxygen atoms in total. The Morgan fingerprint density at radius 1 is 1.34 bits per heavy atom. The number of primary amides is 1. The SMILES string of the molecule is NC(=O)c1cn(-c2cn(C3CCC(CO)CC3)nc2OC(F)F)[n+]2cccnc12. The first kappa shape index (κ1) is 19.2. The molecule has 1 fully saturated rings. The lowest BCUT2D eigenvalue weighted by Gasteiger charge is -2.27. The first-order valence-corrected chi connectivity index (χ1v) is 9.31. The number of amides is 1. The normalized spacial score (nSPS) is 19.7. The molecule has 3 heterocycles. The molecular weight excluding hydrogens is 386 g/mol. The van der Waals surface area contributed by atoms with Crippen molar-refractivity contribution < 1.29 is 27.9 Å². The number of fused-ring (bicyclic) bond motifs is 1. The number of carbonyl (C=O) groups excluding carboxylic acids is 1. The third kappa shape index (κ3) is 3.65. The zero-order chi connectivity index (χ0) is 20.5. The number of rotatable bonds is 6. The van der Waals surface area contributed by atoms with Gasteiger partial charge >= 0.3 is 12.3 Å². The third-order valence-corrected chi connectivity index (χ3v) is 5.29. The number of aromatic nitrogens is 5. The number of hydrogen-bond donors (Lipinski definition) is 2. The van der Waals surface area contributed by atoms with Crippen LogP contribution < -0.4 is 15.0 Å². The Hall–Kier alpha value is -3.08. The summed E-state index contributed by atoms with van der Waals surface area (Å²) in [6, 6.07) is 1.65. The van der Waals surface area contributed by atoms with Gasteiger partial charge in [-0.1, -0.05) is 0 Å². The first-order valence-electron chi connectivity index (χ1n) is 9.31. The van der Waals surface area contributed by atoms with Crippen LogP contribution in [0.15, 0.2) is 30.9 Å². The highest BCUT2D eigenvalue weighted by molar-refractivity contribution is 5.97. The molecule has 3 aromatic rings. The van der Waals surface area contributed by atoms with Crippen molar-refractivity contribution in [3.8, 4) is 11.6 Å². The zero-order valence-electron chi connectivity index (χ0n) is 15.5. The van der Waals surface area contributed by atoms with Crippen LogP contribution in [0.5, 0.6) is 5.88 Å². The maximum atomic E-state index is 13.0. The Morgan fingerprint density at radius 2 is 2.10 bits per heavy atom. The lowest BCUT2D eigenvalue weighted by molar-refractivity contribution is -0.600. The van der Waals surface area contributed by atoms with Gasteiger partial charge in [-0.2, -0.15) is 13.5 Å². The molecule has 1 saturated carbocycles. The van der Waals surface area contributed by atoms with Gasteiger partial charge in [0, 0.05) is 12.7 Å². The number of nitrogens with zero attached hydrogens (tertiary/aromatic N) is 5. The Kier molecular flexibility index (Phi) is 5.14. The predicted molar refractivity (Wildman–Crippen MR) is 95.7 cm³/mol. The second-order valence-corrected chi connectivity index (χ2v) is 7.07. The average Bonchev–Trinajstić information content (AvgIpc) is 3.29. The summed E-state index contributed by atoms with van der Waals surface area (Å²) in [5.41, 5.74) is 6.12. The van der Waals surface area contributed by atoms with Gasteiger partial charge in [0.15, 0.2) is 11.3 Å². The van der Waals surface area contributed by atoms with Gasteiger partial charge in [0.1, 0.15) is 12.4 Å². The van der Waals surface area contributed by atoms with E-state index in [9.17, 15) is 18.7 Å². The van der Waals surface area contributed by atoms with E-state index in [1.807, 2.05) is 0 Å². The van der Waals surface area contributed by atoms with Gasteiger partial charge in [-0.15, -0.1) is 9.61 Å². The minimum absolute atomic E-state index is 0.00661. The van der Waals surface area contributed by atoms with Crippen molar-refractivity contribution in [2.45, 2.75) is 38.3 Å². The molecule has 1 aliphatic rings. The van der Waals surface area contributed by atoms with Crippen LogP contribution in [0.1, 0.15) is 42.1 Å². The van der Waals surface area contributed by atoms with E-state index in [-0.39, 0.29) is 35.7 Å². The Balaban J connectivity index is 1.78. The fraction of sp³-hybridized carbons (Fsp3) is 0.444. The summed E-state index contributed by atoms with van der Waals surface area (Å²) >= 11 is 0. The fourth-order valence-electron chi connectivity index (χ4n) is 3.80. The largest absolute Gasteiger partial charge is 0.413 e. The number of ether oxygens (including phenoxy) is 1. The molecule has 0 bridgehead atoms. The summed E-state index contributed by atoms with van der Waals surface area (Å²) in [4.78, 5) is 16.0. The zero-order valence-corrected chi connectivity index (χ0v) is 15.5. The van der Waals surface area contributed by atoms with E-state index in [4.69, 9.17) is 5.73 Å². The minimum atomic E-state index is -3.05. The van der Waals surface area contributed by atoms with Crippen molar-refractivity contribution in [2.75, 3.05) is 6.61 Å². The summed E-state index contributed by atoms with van der Waals surface area (Å²) < 4.78 is 35.3. The van der Waals surface area contributed by atoms with Crippen molar-refractivity contribution in [2.24, 2.45) is 11.7 Å². The maximum absolute atomic E-state index is 13.0. The smallest absolute Gasteiger partial charge is 0.388 e. The Labute approximate surface area is 164 Å². The van der Waals surface area contributed by atoms with Crippen molar-refractivity contribution >= 4 is 11.6 Å². The van der Waals surface area contributed by atoms with Crippen molar-refractivity contribution in [3.05, 3.63) is 36.4 Å². The van der Waals surface area contributed by atoms with Crippen molar-refractivity contribution in [1.29, 1.82) is 0 Å². The average molecular weight is 407 g/mol. The summed E-state index contributed by atoms with van der Waals surface area (Å²) in [5, 5.41) is 13.6. The highest BCUT2D eigenvalue weighted by Gasteiger charge is 2.29. The van der Waals surface area contributed by atoms with Gasteiger partial charge in [-0.25, -0.2) is 0 Å². The van der Waals surface area contributed by atoms with Gasteiger partial charge in [-0.3, -0.25) is 9.48 Å². The molecule has 1 amide bonds. The molecule has 0 aliphatic heterocycles. The first-order chi connectivity index (χ1) is 14.0. The van der Waals surface area contributed by atoms with Crippen LogP contribution in [-0.4, -0.2) is 43.7 Å². The van der Waals surface area contributed by atoms with E-state index in [0.29, 0.717) is 5.65 Å². The van der Waals surface area contributed by atoms with Crippen LogP contribution >= 0.6 is 0 Å². The molecule has 0 radical (unpaired) electrons. The third-order valence-electron chi connectivity index (χ3n) is 5.29. The van der Waals surface area contributed by atoms with Crippen LogP contribution in [0.4, 0.5) is 8.78 Å². The number of aliphatic hydroxyl groups is 1. The summed E-state index contributed by atoms with van der Waals surface area (Å²) in [6.45, 7) is -2.91. The van der Waals surface area contributed by atoms with Gasteiger partial charge in [0.2, 0.25) is 0 Å². The molecule has 3 N–H and O–H groups in total. The van der Waals surface area contributed by atoms with E-state index >= 15 is 0 Å². The number of hydrogen-bond acceptors (Lipinski definition) is 5. The van der Waals surface area contributed by atoms with Gasteiger partial charge in [0.05, 0.1) is 18.4 Å². The molecule has 0 atom stereocenters. The van der Waals surface area contributed by atoms with E-state index in [0.717, 1.165) is 25.7 Å². The number of aliphatic hydroxyl groups excluding tert-OH is 1. The number of halogens is 2. The lowest BCUT2D eigenvalue weighted by Crippen LogP contribution is -2.31. The minimum Gasteiger partial charge on any atom is -0.413 e. The molecule has 1 aliphatic carbocycles. The molecule has 0 spiro atoms. The van der Waals surface area contributed by atoms with Gasteiger partial charge in [-0.05, 0) is 36.6 Å². The molecule has 154 valence electrons. The van der Waals surface area contributed by atoms with Crippen LogP contribution in [0.25, 0.3) is 11.3 Å². The maximum Gasteiger partial charge on any atom is 0.388 e. The number of nitrogens with two attached hydrogens (primary N) is 1. The van der Waals surface area contributed by atoms with E-state index < -0.39 is 12.5 Å². The van der Waals surface area contributed by atoms with Gasteiger partial charge in [0.25, 0.3) is 11.8 Å². The van der Waals surface area contributed by atoms with E-state index in [2.05, 4.69) is 14.8 Å². The van der Waals surface area contributed by atoms with Crippen molar-refractivity contribution in [3.63, 3.8) is 0 Å². The monoisotopic (exact) mass is 407 g/mol. The summed E-state index contributed by atoms with van der Waals surface area (Å²) in [7, 11) is 0. The number of alkyl halides is 2. The summed E-state index contributed by atoms with van der Waals surface area (Å²) in [5.74, 6) is -0.689. The van der Waals surface area contributed by atoms with E-state index in [1.165, 1.54) is 21.6 Å². The van der Waals surface area contributed by atoms with E-state index in [1.54, 1.807) is 23.1 Å². The number of carbonyl (C=O) groups is 1. The fourth-order valence-corrected chi connectivity index (χ4v) is 3.80. The molecule has 11 heteroatoms. The molecular formula is C18H21F2N6O3+. The molecule has 4 rings (SSSR count). The predicted octanol–water partition coefficient (Wildman–Crippen LogP) is 1.23. The highest BCUT2D eigenvalue weighted by Crippen LogP contribution is 2.34. The van der Waals surface area contributed by atoms with Crippen LogP contribution in [0.3, 0.4) is 0 Å². The van der Waals surface area contributed by atoms with Crippen molar-refractivity contribution in [1.82, 2.24) is 19.4 Å². The van der Waals surface area contributed by atoms with Crippen LogP contribution in [0.2, 0.25) is 0 Å². The molecule has 0 saturated heterocycles. The molecule has 0 aromatic carbocycles. The quantitative estimate of drug-likeness (QED) is 0.597.